The second-order valence-electron chi connectivity index (χ2n) is 5.84. The average Bonchev–Trinajstić information content (AvgIpc) is 2.63. The van der Waals surface area contributed by atoms with Crippen LogP contribution in [0.3, 0.4) is 0 Å². The Kier molecular flexibility index (Phi) is 6.32. The molecule has 1 atom stereocenters. The third kappa shape index (κ3) is 5.34. The van der Waals surface area contributed by atoms with Crippen molar-refractivity contribution in [1.82, 2.24) is 5.32 Å². The van der Waals surface area contributed by atoms with E-state index in [4.69, 9.17) is 5.73 Å². The molecular weight excluding hydrogens is 332 g/mol. The third-order valence-electron chi connectivity index (χ3n) is 3.81. The summed E-state index contributed by atoms with van der Waals surface area (Å²) in [5.41, 5.74) is 7.81. The maximum atomic E-state index is 12.3. The Labute approximate surface area is 152 Å². The highest BCUT2D eigenvalue weighted by molar-refractivity contribution is 5.97. The molecule has 26 heavy (non-hydrogen) atoms. The Morgan fingerprint density at radius 3 is 2.08 bits per heavy atom. The van der Waals surface area contributed by atoms with E-state index >= 15 is 0 Å². The Morgan fingerprint density at radius 1 is 0.962 bits per heavy atom. The number of rotatable bonds is 7. The molecule has 136 valence electrons. The van der Waals surface area contributed by atoms with E-state index in [0.29, 0.717) is 17.7 Å². The average molecular weight is 354 g/mol. The molecule has 0 aliphatic rings. The molecule has 7 nitrogen and oxygen atoms in total. The van der Waals surface area contributed by atoms with Crippen LogP contribution in [0.4, 0.5) is 11.4 Å². The molecule has 2 aromatic rings. The topological polar surface area (TPSA) is 113 Å². The van der Waals surface area contributed by atoms with Crippen LogP contribution in [-0.2, 0) is 16.0 Å². The lowest BCUT2D eigenvalue weighted by molar-refractivity contribution is -0.120. The van der Waals surface area contributed by atoms with Gasteiger partial charge in [0.2, 0.25) is 17.7 Å². The number of amides is 3. The molecule has 2 aromatic carbocycles. The highest BCUT2D eigenvalue weighted by Gasteiger charge is 2.13. The quantitative estimate of drug-likeness (QED) is 0.603. The second kappa shape index (κ2) is 8.66. The van der Waals surface area contributed by atoms with E-state index in [0.717, 1.165) is 11.3 Å². The van der Waals surface area contributed by atoms with Gasteiger partial charge in [0.05, 0.1) is 6.42 Å². The molecule has 0 unspecified atom stereocenters. The van der Waals surface area contributed by atoms with Crippen molar-refractivity contribution in [3.05, 3.63) is 59.7 Å². The standard InChI is InChI=1S/C19H22N4O3/c1-12(19(26)23-16-9-5-14(6-10-16)18(20)25)22-15-7-3-13(4-8-15)11-17(24)21-2/h3-10,12,22H,11H2,1-2H3,(H2,20,25)(H,21,24)(H,23,26)/t12-/m1/s1. The summed E-state index contributed by atoms with van der Waals surface area (Å²) < 4.78 is 0. The first-order valence-electron chi connectivity index (χ1n) is 8.16. The summed E-state index contributed by atoms with van der Waals surface area (Å²) in [4.78, 5) is 34.7. The predicted octanol–water partition coefficient (Wildman–Crippen LogP) is 1.51. The maximum absolute atomic E-state index is 12.3. The van der Waals surface area contributed by atoms with E-state index in [1.54, 1.807) is 38.2 Å². The van der Waals surface area contributed by atoms with Gasteiger partial charge < -0.3 is 21.7 Å². The number of nitrogens with one attached hydrogen (secondary N) is 3. The molecule has 0 fully saturated rings. The molecule has 0 saturated heterocycles. The molecule has 3 amide bonds. The van der Waals surface area contributed by atoms with Gasteiger partial charge in [-0.1, -0.05) is 12.1 Å². The first-order chi connectivity index (χ1) is 12.4. The molecule has 0 aromatic heterocycles. The summed E-state index contributed by atoms with van der Waals surface area (Å²) >= 11 is 0. The molecule has 0 heterocycles. The van der Waals surface area contributed by atoms with Crippen LogP contribution < -0.4 is 21.7 Å². The number of carbonyl (C=O) groups is 3. The van der Waals surface area contributed by atoms with Crippen LogP contribution in [0.2, 0.25) is 0 Å². The first kappa shape index (κ1) is 19.0. The summed E-state index contributed by atoms with van der Waals surface area (Å²) in [6.45, 7) is 1.74. The van der Waals surface area contributed by atoms with Gasteiger partial charge >= 0.3 is 0 Å². The smallest absolute Gasteiger partial charge is 0.248 e. The summed E-state index contributed by atoms with van der Waals surface area (Å²) in [7, 11) is 1.60. The van der Waals surface area contributed by atoms with Gasteiger partial charge in [-0.05, 0) is 48.9 Å². The minimum absolute atomic E-state index is 0.0548. The number of hydrogen-bond donors (Lipinski definition) is 4. The third-order valence-corrected chi connectivity index (χ3v) is 3.81. The van der Waals surface area contributed by atoms with Crippen molar-refractivity contribution >= 4 is 29.1 Å². The minimum Gasteiger partial charge on any atom is -0.374 e. The van der Waals surface area contributed by atoms with Crippen LogP contribution in [0, 0.1) is 0 Å². The Hall–Kier alpha value is -3.35. The van der Waals surface area contributed by atoms with Crippen LogP contribution in [-0.4, -0.2) is 30.8 Å². The van der Waals surface area contributed by atoms with Crippen LogP contribution in [0.15, 0.2) is 48.5 Å². The van der Waals surface area contributed by atoms with Gasteiger partial charge in [0, 0.05) is 24.0 Å². The molecule has 0 aliphatic carbocycles. The van der Waals surface area contributed by atoms with Crippen molar-refractivity contribution in [2.75, 3.05) is 17.7 Å². The SMILES string of the molecule is CNC(=O)Cc1ccc(N[C@H](C)C(=O)Nc2ccc(C(N)=O)cc2)cc1. The van der Waals surface area contributed by atoms with Crippen molar-refractivity contribution in [1.29, 1.82) is 0 Å². The molecule has 2 rings (SSSR count). The molecule has 0 saturated carbocycles. The van der Waals surface area contributed by atoms with Gasteiger partial charge in [0.1, 0.15) is 6.04 Å². The highest BCUT2D eigenvalue weighted by Crippen LogP contribution is 2.13. The lowest BCUT2D eigenvalue weighted by Gasteiger charge is -2.15. The van der Waals surface area contributed by atoms with Gasteiger partial charge in [0.15, 0.2) is 0 Å². The van der Waals surface area contributed by atoms with Crippen LogP contribution in [0.25, 0.3) is 0 Å². The van der Waals surface area contributed by atoms with Crippen LogP contribution in [0.5, 0.6) is 0 Å². The molecule has 7 heteroatoms. The summed E-state index contributed by atoms with van der Waals surface area (Å²) in [5, 5.41) is 8.44. The molecule has 5 N–H and O–H groups in total. The van der Waals surface area contributed by atoms with Crippen LogP contribution >= 0.6 is 0 Å². The molecule has 0 aliphatic heterocycles. The predicted molar refractivity (Wildman–Crippen MR) is 101 cm³/mol. The van der Waals surface area contributed by atoms with Crippen LogP contribution in [0.1, 0.15) is 22.8 Å². The first-order valence-corrected chi connectivity index (χ1v) is 8.16. The van der Waals surface area contributed by atoms with E-state index in [1.165, 1.54) is 0 Å². The fourth-order valence-electron chi connectivity index (χ4n) is 2.28. The summed E-state index contributed by atoms with van der Waals surface area (Å²) in [6.07, 6.45) is 0.314. The number of benzene rings is 2. The van der Waals surface area contributed by atoms with Crippen molar-refractivity contribution in [3.63, 3.8) is 0 Å². The fourth-order valence-corrected chi connectivity index (χ4v) is 2.28. The normalized spacial score (nSPS) is 11.3. The number of likely N-dealkylation sites (N-methyl/N-ethyl adjacent to an activating group) is 1. The molecular formula is C19H22N4O3. The van der Waals surface area contributed by atoms with E-state index in [1.807, 2.05) is 24.3 Å². The zero-order valence-electron chi connectivity index (χ0n) is 14.7. The van der Waals surface area contributed by atoms with Gasteiger partial charge in [-0.25, -0.2) is 0 Å². The van der Waals surface area contributed by atoms with Gasteiger partial charge in [0.25, 0.3) is 0 Å². The second-order valence-corrected chi connectivity index (χ2v) is 5.84. The van der Waals surface area contributed by atoms with E-state index in [2.05, 4.69) is 16.0 Å². The van der Waals surface area contributed by atoms with Gasteiger partial charge in [-0.3, -0.25) is 14.4 Å². The Balaban J connectivity index is 1.91. The monoisotopic (exact) mass is 354 g/mol. The number of carbonyl (C=O) groups excluding carboxylic acids is 3. The number of hydrogen-bond acceptors (Lipinski definition) is 4. The Bertz CT molecular complexity index is 785. The fraction of sp³-hybridized carbons (Fsp3) is 0.211. The minimum atomic E-state index is -0.516. The van der Waals surface area contributed by atoms with Crippen molar-refractivity contribution in [3.8, 4) is 0 Å². The number of nitrogens with two attached hydrogens (primary N) is 1. The number of anilines is 2. The molecule has 0 spiro atoms. The molecule has 0 radical (unpaired) electrons. The van der Waals surface area contributed by atoms with Gasteiger partial charge in [-0.15, -0.1) is 0 Å². The maximum Gasteiger partial charge on any atom is 0.248 e. The van der Waals surface area contributed by atoms with E-state index in [9.17, 15) is 14.4 Å². The van der Waals surface area contributed by atoms with Crippen molar-refractivity contribution in [2.45, 2.75) is 19.4 Å². The van der Waals surface area contributed by atoms with Crippen molar-refractivity contribution in [2.24, 2.45) is 5.73 Å². The molecule has 0 bridgehead atoms. The van der Waals surface area contributed by atoms with Gasteiger partial charge in [-0.2, -0.15) is 0 Å². The lowest BCUT2D eigenvalue weighted by atomic mass is 10.1. The zero-order valence-corrected chi connectivity index (χ0v) is 14.7. The zero-order chi connectivity index (χ0) is 19.1. The largest absolute Gasteiger partial charge is 0.374 e. The van der Waals surface area contributed by atoms with Crippen molar-refractivity contribution < 1.29 is 14.4 Å². The highest BCUT2D eigenvalue weighted by atomic mass is 16.2. The van der Waals surface area contributed by atoms with E-state index in [-0.39, 0.29) is 11.8 Å². The Morgan fingerprint density at radius 2 is 1.54 bits per heavy atom. The number of primary amides is 1. The van der Waals surface area contributed by atoms with E-state index < -0.39 is 11.9 Å². The summed E-state index contributed by atoms with van der Waals surface area (Å²) in [5.74, 6) is -0.787. The summed E-state index contributed by atoms with van der Waals surface area (Å²) in [6, 6.07) is 13.2. The lowest BCUT2D eigenvalue weighted by Crippen LogP contribution is -2.31.